The molecule has 0 amide bonds. The minimum absolute atomic E-state index is 0.264. The van der Waals surface area contributed by atoms with Crippen LogP contribution < -0.4 is 16.0 Å². The van der Waals surface area contributed by atoms with Crippen molar-refractivity contribution in [1.82, 2.24) is 24.5 Å². The number of nitrogens with zero attached hydrogens (tertiary/aromatic N) is 4. The predicted octanol–water partition coefficient (Wildman–Crippen LogP) is 3.34. The SMILES string of the molecule is COc1ccc2cc(-c3cnnn3[C@H]3C[C@H](n4cc(C)c(=O)[nH]c4=O)O[C@@H]3COC3CCCCO3)ccc2c1. The Balaban J connectivity index is 1.33. The largest absolute Gasteiger partial charge is 0.497 e. The average molecular weight is 534 g/mol. The van der Waals surface area contributed by atoms with Gasteiger partial charge in [-0.25, -0.2) is 9.48 Å². The molecule has 11 heteroatoms. The molecule has 204 valence electrons. The lowest BCUT2D eigenvalue weighted by atomic mass is 10.0. The summed E-state index contributed by atoms with van der Waals surface area (Å²) in [6.07, 6.45) is 5.29. The third kappa shape index (κ3) is 5.12. The van der Waals surface area contributed by atoms with E-state index in [0.717, 1.165) is 47.0 Å². The molecule has 0 radical (unpaired) electrons. The van der Waals surface area contributed by atoms with E-state index in [9.17, 15) is 9.59 Å². The van der Waals surface area contributed by atoms with Crippen molar-refractivity contribution < 1.29 is 18.9 Å². The van der Waals surface area contributed by atoms with Gasteiger partial charge in [0, 0.05) is 30.4 Å². The second-order valence-corrected chi connectivity index (χ2v) is 10.0. The van der Waals surface area contributed by atoms with E-state index in [1.54, 1.807) is 20.2 Å². The molecule has 2 fully saturated rings. The Morgan fingerprint density at radius 3 is 2.79 bits per heavy atom. The number of ether oxygens (including phenoxy) is 4. The summed E-state index contributed by atoms with van der Waals surface area (Å²) >= 11 is 0. The molecule has 4 atom stereocenters. The quantitative estimate of drug-likeness (QED) is 0.384. The van der Waals surface area contributed by atoms with E-state index < -0.39 is 23.6 Å². The van der Waals surface area contributed by atoms with E-state index in [1.807, 2.05) is 35.0 Å². The molecule has 0 saturated carbocycles. The number of fused-ring (bicyclic) bond motifs is 1. The monoisotopic (exact) mass is 533 g/mol. The molecule has 0 bridgehead atoms. The summed E-state index contributed by atoms with van der Waals surface area (Å²) in [5.41, 5.74) is 1.28. The van der Waals surface area contributed by atoms with Crippen LogP contribution in [0.4, 0.5) is 0 Å². The lowest BCUT2D eigenvalue weighted by molar-refractivity contribution is -0.183. The number of aromatic nitrogens is 5. The van der Waals surface area contributed by atoms with Gasteiger partial charge in [0.1, 0.15) is 18.1 Å². The fourth-order valence-electron chi connectivity index (χ4n) is 5.34. The van der Waals surface area contributed by atoms with Gasteiger partial charge in [-0.2, -0.15) is 0 Å². The minimum Gasteiger partial charge on any atom is -0.497 e. The Kier molecular flexibility index (Phi) is 7.03. The Hall–Kier alpha value is -3.80. The molecule has 2 aliphatic heterocycles. The van der Waals surface area contributed by atoms with Crippen molar-refractivity contribution in [3.8, 4) is 17.0 Å². The summed E-state index contributed by atoms with van der Waals surface area (Å²) in [4.78, 5) is 27.0. The zero-order valence-electron chi connectivity index (χ0n) is 21.9. The zero-order valence-corrected chi connectivity index (χ0v) is 21.9. The van der Waals surface area contributed by atoms with Gasteiger partial charge in [-0.05, 0) is 55.2 Å². The van der Waals surface area contributed by atoms with Crippen LogP contribution in [-0.4, -0.2) is 57.3 Å². The van der Waals surface area contributed by atoms with Crippen LogP contribution in [0.25, 0.3) is 22.0 Å². The molecule has 0 spiro atoms. The van der Waals surface area contributed by atoms with E-state index in [2.05, 4.69) is 21.4 Å². The van der Waals surface area contributed by atoms with E-state index >= 15 is 0 Å². The van der Waals surface area contributed by atoms with Gasteiger partial charge in [0.2, 0.25) is 0 Å². The molecule has 6 rings (SSSR count). The molecule has 2 aromatic carbocycles. The third-order valence-electron chi connectivity index (χ3n) is 7.48. The fourth-order valence-corrected chi connectivity index (χ4v) is 5.34. The topological polar surface area (TPSA) is 122 Å². The van der Waals surface area contributed by atoms with Gasteiger partial charge in [0.15, 0.2) is 6.29 Å². The predicted molar refractivity (Wildman–Crippen MR) is 143 cm³/mol. The van der Waals surface area contributed by atoms with Crippen molar-refractivity contribution in [2.24, 2.45) is 0 Å². The summed E-state index contributed by atoms with van der Waals surface area (Å²) < 4.78 is 26.9. The number of nitrogens with one attached hydrogen (secondary N) is 1. The zero-order chi connectivity index (χ0) is 26.9. The van der Waals surface area contributed by atoms with Crippen LogP contribution in [0.5, 0.6) is 5.75 Å². The summed E-state index contributed by atoms with van der Waals surface area (Å²) in [5.74, 6) is 0.800. The maximum atomic E-state index is 12.7. The molecule has 4 heterocycles. The van der Waals surface area contributed by atoms with Crippen molar-refractivity contribution in [2.75, 3.05) is 20.3 Å². The Labute approximate surface area is 224 Å². The highest BCUT2D eigenvalue weighted by molar-refractivity contribution is 5.87. The van der Waals surface area contributed by atoms with Crippen LogP contribution in [0.3, 0.4) is 0 Å². The van der Waals surface area contributed by atoms with E-state index in [0.29, 0.717) is 18.6 Å². The molecule has 1 unspecified atom stereocenters. The lowest BCUT2D eigenvalue weighted by Gasteiger charge is -2.26. The molecule has 11 nitrogen and oxygen atoms in total. The second kappa shape index (κ2) is 10.8. The molecule has 2 saturated heterocycles. The lowest BCUT2D eigenvalue weighted by Crippen LogP contribution is -2.34. The number of methoxy groups -OCH3 is 1. The molecule has 2 aliphatic rings. The summed E-state index contributed by atoms with van der Waals surface area (Å²) in [5, 5.41) is 10.8. The average Bonchev–Trinajstić information content (AvgIpc) is 3.61. The molecule has 4 aromatic rings. The summed E-state index contributed by atoms with van der Waals surface area (Å²) in [6, 6.07) is 11.8. The highest BCUT2D eigenvalue weighted by atomic mass is 16.7. The first-order valence-electron chi connectivity index (χ1n) is 13.2. The standard InChI is InChI=1S/C28H31N5O6/c1-17-15-32(28(35)30-27(17)34)25-13-22(24(39-25)16-38-26-5-3-4-10-37-26)33-23(14-29-31-33)20-7-6-19-12-21(36-2)9-8-18(19)11-20/h6-9,11-12,14-15,22,24-26H,3-5,10,13,16H2,1-2H3,(H,30,34,35)/t22-,24+,25+,26?/m0/s1. The number of benzene rings is 2. The minimum atomic E-state index is -0.611. The van der Waals surface area contributed by atoms with Gasteiger partial charge < -0.3 is 18.9 Å². The van der Waals surface area contributed by atoms with Crippen molar-refractivity contribution >= 4 is 10.8 Å². The number of aryl methyl sites for hydroxylation is 1. The van der Waals surface area contributed by atoms with Gasteiger partial charge in [0.25, 0.3) is 5.56 Å². The van der Waals surface area contributed by atoms with Gasteiger partial charge in [0.05, 0.1) is 31.6 Å². The first-order chi connectivity index (χ1) is 19.0. The van der Waals surface area contributed by atoms with E-state index in [-0.39, 0.29) is 18.9 Å². The Bertz CT molecular complexity index is 1590. The van der Waals surface area contributed by atoms with Crippen molar-refractivity contribution in [1.29, 1.82) is 0 Å². The van der Waals surface area contributed by atoms with Gasteiger partial charge in [-0.1, -0.05) is 23.4 Å². The number of aromatic amines is 1. The Morgan fingerprint density at radius 2 is 1.97 bits per heavy atom. The van der Waals surface area contributed by atoms with Crippen molar-refractivity contribution in [2.45, 2.75) is 57.3 Å². The first kappa shape index (κ1) is 25.5. The van der Waals surface area contributed by atoms with Crippen molar-refractivity contribution in [3.05, 3.63) is 75.2 Å². The molecular weight excluding hydrogens is 502 g/mol. The maximum Gasteiger partial charge on any atom is 0.330 e. The number of hydrogen-bond donors (Lipinski definition) is 1. The highest BCUT2D eigenvalue weighted by Crippen LogP contribution is 2.39. The normalized spacial score (nSPS) is 23.3. The third-order valence-corrected chi connectivity index (χ3v) is 7.48. The first-order valence-corrected chi connectivity index (χ1v) is 13.2. The fraction of sp³-hybridized carbons (Fsp3) is 0.429. The van der Waals surface area contributed by atoms with Crippen LogP contribution in [-0.2, 0) is 14.2 Å². The van der Waals surface area contributed by atoms with Crippen molar-refractivity contribution in [3.63, 3.8) is 0 Å². The highest BCUT2D eigenvalue weighted by Gasteiger charge is 2.40. The molecule has 39 heavy (non-hydrogen) atoms. The van der Waals surface area contributed by atoms with E-state index in [4.69, 9.17) is 18.9 Å². The Morgan fingerprint density at radius 1 is 1.13 bits per heavy atom. The smallest absolute Gasteiger partial charge is 0.330 e. The number of rotatable bonds is 7. The maximum absolute atomic E-state index is 12.7. The van der Waals surface area contributed by atoms with Gasteiger partial charge in [-0.15, -0.1) is 5.10 Å². The molecule has 2 aromatic heterocycles. The van der Waals surface area contributed by atoms with Crippen LogP contribution in [0.1, 0.15) is 43.5 Å². The van der Waals surface area contributed by atoms with Crippen LogP contribution in [0.2, 0.25) is 0 Å². The second-order valence-electron chi connectivity index (χ2n) is 10.0. The van der Waals surface area contributed by atoms with Gasteiger partial charge in [-0.3, -0.25) is 14.3 Å². The van der Waals surface area contributed by atoms with Gasteiger partial charge >= 0.3 is 5.69 Å². The summed E-state index contributed by atoms with van der Waals surface area (Å²) in [6.45, 7) is 2.60. The van der Waals surface area contributed by atoms with Crippen LogP contribution in [0, 0.1) is 6.92 Å². The van der Waals surface area contributed by atoms with Crippen LogP contribution >= 0.6 is 0 Å². The number of hydrogen-bond acceptors (Lipinski definition) is 8. The molecule has 1 N–H and O–H groups in total. The molecule has 0 aliphatic carbocycles. The number of H-pyrrole nitrogens is 1. The molecular formula is C28H31N5O6. The van der Waals surface area contributed by atoms with E-state index in [1.165, 1.54) is 10.8 Å². The van der Waals surface area contributed by atoms with Crippen LogP contribution in [0.15, 0.2) is 58.4 Å². The summed E-state index contributed by atoms with van der Waals surface area (Å²) in [7, 11) is 1.65.